The Balaban J connectivity index is 1.82. The number of aromatic nitrogens is 2. The molecule has 0 saturated carbocycles. The van der Waals surface area contributed by atoms with Crippen molar-refractivity contribution in [3.05, 3.63) is 81.8 Å². The van der Waals surface area contributed by atoms with Crippen molar-refractivity contribution < 1.29 is 19.1 Å². The highest BCUT2D eigenvalue weighted by atomic mass is 16.5. The lowest BCUT2D eigenvalue weighted by Crippen LogP contribution is -2.12. The van der Waals surface area contributed by atoms with E-state index in [9.17, 15) is 14.7 Å². The Bertz CT molecular complexity index is 1360. The van der Waals surface area contributed by atoms with E-state index in [-0.39, 0.29) is 23.0 Å². The minimum absolute atomic E-state index is 0.161. The third-order valence-electron chi connectivity index (χ3n) is 5.09. The molecule has 0 fully saturated rings. The molecule has 0 amide bonds. The predicted molar refractivity (Wildman–Crippen MR) is 120 cm³/mol. The van der Waals surface area contributed by atoms with Crippen molar-refractivity contribution in [2.45, 2.75) is 19.9 Å². The number of hydrogen-bond donors (Lipinski definition) is 2. The van der Waals surface area contributed by atoms with Crippen LogP contribution in [0.5, 0.6) is 6.01 Å². The van der Waals surface area contributed by atoms with Gasteiger partial charge in [-0.15, -0.1) is 0 Å². The second kappa shape index (κ2) is 8.50. The maximum atomic E-state index is 12.9. The average Bonchev–Trinajstić information content (AvgIpc) is 2.79. The van der Waals surface area contributed by atoms with E-state index in [1.807, 2.05) is 19.9 Å². The van der Waals surface area contributed by atoms with Crippen molar-refractivity contribution in [2.75, 3.05) is 12.4 Å². The quantitative estimate of drug-likeness (QED) is 0.461. The lowest BCUT2D eigenvalue weighted by molar-refractivity contribution is 0.0698. The Hall–Kier alpha value is -4.20. The Kier molecular flexibility index (Phi) is 5.59. The van der Waals surface area contributed by atoms with Crippen LogP contribution in [0.2, 0.25) is 0 Å². The van der Waals surface area contributed by atoms with E-state index in [1.54, 1.807) is 24.3 Å². The van der Waals surface area contributed by atoms with Gasteiger partial charge in [0.2, 0.25) is 0 Å². The summed E-state index contributed by atoms with van der Waals surface area (Å²) in [7, 11) is 1.47. The molecule has 32 heavy (non-hydrogen) atoms. The number of carbonyl (C=O) groups is 1. The standard InChI is InChI=1S/C24H21N3O5/c1-13-8-17(14(2)27-19-7-5-4-6-16(19)23(29)30)22-18(9-13)20(28)10-21(32-22)15-11-25-24(31-3)26-12-15/h4-12,14,27H,1-3H3,(H,29,30)/t14-/m1/s1. The number of carboxylic acids is 1. The summed E-state index contributed by atoms with van der Waals surface area (Å²) in [6, 6.07) is 11.6. The molecule has 1 atom stereocenters. The highest BCUT2D eigenvalue weighted by Crippen LogP contribution is 2.31. The summed E-state index contributed by atoms with van der Waals surface area (Å²) in [6.45, 7) is 3.78. The van der Waals surface area contributed by atoms with Gasteiger partial charge in [0.1, 0.15) is 11.3 Å². The number of anilines is 1. The van der Waals surface area contributed by atoms with Crippen LogP contribution in [-0.4, -0.2) is 28.2 Å². The fraction of sp³-hybridized carbons (Fsp3) is 0.167. The second-order valence-electron chi connectivity index (χ2n) is 7.38. The summed E-state index contributed by atoms with van der Waals surface area (Å²) in [5.74, 6) is -0.698. The van der Waals surface area contributed by atoms with Crippen molar-refractivity contribution >= 4 is 22.6 Å². The molecule has 0 aliphatic heterocycles. The number of methoxy groups -OCH3 is 1. The van der Waals surface area contributed by atoms with Gasteiger partial charge < -0.3 is 19.6 Å². The first-order chi connectivity index (χ1) is 15.4. The first-order valence-corrected chi connectivity index (χ1v) is 9.91. The zero-order chi connectivity index (χ0) is 22.8. The summed E-state index contributed by atoms with van der Waals surface area (Å²) < 4.78 is 11.1. The number of para-hydroxylation sites is 1. The van der Waals surface area contributed by atoms with Gasteiger partial charge in [-0.2, -0.15) is 0 Å². The number of nitrogens with zero attached hydrogens (tertiary/aromatic N) is 2. The van der Waals surface area contributed by atoms with Crippen LogP contribution in [0.15, 0.2) is 64.1 Å². The number of hydrogen-bond acceptors (Lipinski definition) is 7. The molecule has 0 aliphatic carbocycles. The minimum Gasteiger partial charge on any atom is -0.478 e. The summed E-state index contributed by atoms with van der Waals surface area (Å²) in [6.07, 6.45) is 3.04. The van der Waals surface area contributed by atoms with Gasteiger partial charge >= 0.3 is 12.0 Å². The minimum atomic E-state index is -1.03. The molecule has 4 aromatic rings. The zero-order valence-corrected chi connectivity index (χ0v) is 17.7. The van der Waals surface area contributed by atoms with Crippen molar-refractivity contribution in [1.29, 1.82) is 0 Å². The van der Waals surface area contributed by atoms with Crippen molar-refractivity contribution in [2.24, 2.45) is 0 Å². The largest absolute Gasteiger partial charge is 0.478 e. The second-order valence-corrected chi connectivity index (χ2v) is 7.38. The average molecular weight is 431 g/mol. The number of aryl methyl sites for hydroxylation is 1. The lowest BCUT2D eigenvalue weighted by Gasteiger charge is -2.19. The highest BCUT2D eigenvalue weighted by Gasteiger charge is 2.18. The van der Waals surface area contributed by atoms with Crippen LogP contribution >= 0.6 is 0 Å². The monoisotopic (exact) mass is 431 g/mol. The van der Waals surface area contributed by atoms with Gasteiger partial charge in [0.15, 0.2) is 5.43 Å². The van der Waals surface area contributed by atoms with E-state index in [0.717, 1.165) is 11.1 Å². The third kappa shape index (κ3) is 4.02. The van der Waals surface area contributed by atoms with Crippen molar-refractivity contribution in [1.82, 2.24) is 9.97 Å². The van der Waals surface area contributed by atoms with E-state index in [0.29, 0.717) is 28.0 Å². The van der Waals surface area contributed by atoms with E-state index in [4.69, 9.17) is 9.15 Å². The number of fused-ring (bicyclic) bond motifs is 1. The number of ether oxygens (including phenoxy) is 1. The molecule has 2 aromatic heterocycles. The predicted octanol–water partition coefficient (Wildman–Crippen LogP) is 4.44. The molecule has 0 radical (unpaired) electrons. The molecule has 8 heteroatoms. The van der Waals surface area contributed by atoms with Crippen LogP contribution in [0.4, 0.5) is 5.69 Å². The fourth-order valence-electron chi connectivity index (χ4n) is 3.55. The Morgan fingerprint density at radius 2 is 1.88 bits per heavy atom. The normalized spacial score (nSPS) is 11.8. The van der Waals surface area contributed by atoms with E-state index < -0.39 is 5.97 Å². The van der Waals surface area contributed by atoms with Crippen LogP contribution < -0.4 is 15.5 Å². The summed E-state index contributed by atoms with van der Waals surface area (Å²) >= 11 is 0. The maximum absolute atomic E-state index is 12.9. The van der Waals surface area contributed by atoms with Gasteiger partial charge in [-0.05, 0) is 37.6 Å². The zero-order valence-electron chi connectivity index (χ0n) is 17.7. The first-order valence-electron chi connectivity index (χ1n) is 9.91. The summed E-state index contributed by atoms with van der Waals surface area (Å²) in [4.78, 5) is 32.6. The number of nitrogens with one attached hydrogen (secondary N) is 1. The van der Waals surface area contributed by atoms with Gasteiger partial charge in [-0.3, -0.25) is 4.79 Å². The summed E-state index contributed by atoms with van der Waals surface area (Å²) in [5, 5.41) is 13.2. The smallest absolute Gasteiger partial charge is 0.337 e. The molecule has 0 bridgehead atoms. The third-order valence-corrected chi connectivity index (χ3v) is 5.09. The van der Waals surface area contributed by atoms with Crippen molar-refractivity contribution in [3.63, 3.8) is 0 Å². The number of benzene rings is 2. The lowest BCUT2D eigenvalue weighted by atomic mass is 10.0. The van der Waals surface area contributed by atoms with E-state index >= 15 is 0 Å². The highest BCUT2D eigenvalue weighted by molar-refractivity contribution is 5.94. The maximum Gasteiger partial charge on any atom is 0.337 e. The molecule has 2 N–H and O–H groups in total. The van der Waals surface area contributed by atoms with Crippen LogP contribution in [0.1, 0.15) is 34.5 Å². The van der Waals surface area contributed by atoms with Crippen LogP contribution in [0, 0.1) is 6.92 Å². The number of carboxylic acid groups (broad SMARTS) is 1. The topological polar surface area (TPSA) is 115 Å². The van der Waals surface area contributed by atoms with Gasteiger partial charge in [-0.1, -0.05) is 18.2 Å². The Labute approximate surface area is 183 Å². The number of rotatable bonds is 6. The Morgan fingerprint density at radius 3 is 2.56 bits per heavy atom. The first kappa shape index (κ1) is 21.0. The summed E-state index contributed by atoms with van der Waals surface area (Å²) in [5.41, 5.74) is 3.02. The molecule has 4 rings (SSSR count). The molecule has 0 unspecified atom stereocenters. The van der Waals surface area contributed by atoms with Crippen LogP contribution in [-0.2, 0) is 0 Å². The van der Waals surface area contributed by atoms with E-state index in [1.165, 1.54) is 31.6 Å². The van der Waals surface area contributed by atoms with Crippen LogP contribution in [0.3, 0.4) is 0 Å². The number of aromatic carboxylic acids is 1. The molecule has 0 spiro atoms. The van der Waals surface area contributed by atoms with Gasteiger partial charge in [0.25, 0.3) is 0 Å². The van der Waals surface area contributed by atoms with Gasteiger partial charge in [0, 0.05) is 29.7 Å². The molecule has 0 aliphatic rings. The van der Waals surface area contributed by atoms with Crippen LogP contribution in [0.25, 0.3) is 22.3 Å². The molecule has 0 saturated heterocycles. The van der Waals surface area contributed by atoms with Crippen molar-refractivity contribution in [3.8, 4) is 17.3 Å². The molecule has 8 nitrogen and oxygen atoms in total. The Morgan fingerprint density at radius 1 is 1.16 bits per heavy atom. The molecule has 2 aromatic carbocycles. The SMILES string of the molecule is COc1ncc(-c2cc(=O)c3cc(C)cc([C@@H](C)Nc4ccccc4C(=O)O)c3o2)cn1. The van der Waals surface area contributed by atoms with E-state index in [2.05, 4.69) is 15.3 Å². The molecular formula is C24H21N3O5. The fourth-order valence-corrected chi connectivity index (χ4v) is 3.55. The molecule has 162 valence electrons. The molecular weight excluding hydrogens is 410 g/mol. The van der Waals surface area contributed by atoms with Gasteiger partial charge in [0.05, 0.1) is 29.7 Å². The van der Waals surface area contributed by atoms with Gasteiger partial charge in [-0.25, -0.2) is 14.8 Å². The molecule has 2 heterocycles.